The molecule has 0 spiro atoms. The van der Waals surface area contributed by atoms with Crippen LogP contribution in [0.15, 0.2) is 36.4 Å². The van der Waals surface area contributed by atoms with Gasteiger partial charge in [-0.05, 0) is 12.1 Å². The molecule has 4 heteroatoms. The van der Waals surface area contributed by atoms with Crippen molar-refractivity contribution in [1.29, 1.82) is 0 Å². The summed E-state index contributed by atoms with van der Waals surface area (Å²) in [4.78, 5) is 27.5. The van der Waals surface area contributed by atoms with Crippen molar-refractivity contribution in [1.82, 2.24) is 9.88 Å². The van der Waals surface area contributed by atoms with Crippen LogP contribution in [-0.4, -0.2) is 28.7 Å². The summed E-state index contributed by atoms with van der Waals surface area (Å²) in [7, 11) is 1.48. The Kier molecular flexibility index (Phi) is 1.92. The molecule has 1 aliphatic heterocycles. The highest BCUT2D eigenvalue weighted by atomic mass is 16.2. The molecule has 1 aliphatic rings. The number of nitrogens with one attached hydrogen (secondary N) is 1. The summed E-state index contributed by atoms with van der Waals surface area (Å²) in [6, 6.07) is 9.63. The first-order chi connectivity index (χ1) is 8.16. The number of likely N-dealkylation sites (N-methyl/N-ethyl adjacent to an activating group) is 1. The molecule has 0 unspecified atom stereocenters. The lowest BCUT2D eigenvalue weighted by Gasteiger charge is -2.05. The van der Waals surface area contributed by atoms with E-state index in [0.29, 0.717) is 11.3 Å². The largest absolute Gasteiger partial charge is 0.354 e. The third-order valence-electron chi connectivity index (χ3n) is 2.95. The first kappa shape index (κ1) is 9.84. The van der Waals surface area contributed by atoms with Crippen molar-refractivity contribution < 1.29 is 9.59 Å². The smallest absolute Gasteiger partial charge is 0.262 e. The highest BCUT2D eigenvalue weighted by Gasteiger charge is 2.29. The number of nitrogens with zero attached hydrogens (tertiary/aromatic N) is 1. The number of rotatable bonds is 1. The standard InChI is InChI=1S/C13H10N2O2/c1-15-12(16)7-9(13(15)17)11-6-8-4-2-3-5-10(8)14-11/h2-7,14H,1H3. The van der Waals surface area contributed by atoms with Gasteiger partial charge < -0.3 is 4.98 Å². The van der Waals surface area contributed by atoms with Crippen LogP contribution in [0, 0.1) is 0 Å². The van der Waals surface area contributed by atoms with E-state index in [1.54, 1.807) is 0 Å². The van der Waals surface area contributed by atoms with E-state index in [1.807, 2.05) is 30.3 Å². The zero-order valence-electron chi connectivity index (χ0n) is 9.23. The molecule has 0 aliphatic carbocycles. The third-order valence-corrected chi connectivity index (χ3v) is 2.95. The molecule has 2 amide bonds. The molecular weight excluding hydrogens is 216 g/mol. The summed E-state index contributed by atoms with van der Waals surface area (Å²) in [5, 5.41) is 1.03. The molecule has 3 rings (SSSR count). The minimum Gasteiger partial charge on any atom is -0.354 e. The molecule has 1 aromatic carbocycles. The van der Waals surface area contributed by atoms with Gasteiger partial charge in [-0.15, -0.1) is 0 Å². The second-order valence-corrected chi connectivity index (χ2v) is 4.03. The molecule has 1 aromatic heterocycles. The van der Waals surface area contributed by atoms with Gasteiger partial charge in [0.15, 0.2) is 0 Å². The lowest BCUT2D eigenvalue weighted by atomic mass is 10.2. The number of carbonyl (C=O) groups excluding carboxylic acids is 2. The fourth-order valence-corrected chi connectivity index (χ4v) is 1.97. The maximum atomic E-state index is 11.8. The maximum Gasteiger partial charge on any atom is 0.262 e. The highest BCUT2D eigenvalue weighted by molar-refractivity contribution is 6.33. The SMILES string of the molecule is CN1C(=O)C=C(c2cc3ccccc3[nH]2)C1=O. The Morgan fingerprint density at radius 3 is 2.59 bits per heavy atom. The van der Waals surface area contributed by atoms with E-state index in [1.165, 1.54) is 13.1 Å². The molecule has 17 heavy (non-hydrogen) atoms. The van der Waals surface area contributed by atoms with Crippen LogP contribution in [0.25, 0.3) is 16.5 Å². The number of hydrogen-bond acceptors (Lipinski definition) is 2. The summed E-state index contributed by atoms with van der Waals surface area (Å²) in [5.41, 5.74) is 2.07. The van der Waals surface area contributed by atoms with E-state index in [9.17, 15) is 9.59 Å². The normalized spacial score (nSPS) is 15.8. The number of benzene rings is 1. The maximum absolute atomic E-state index is 11.8. The number of carbonyl (C=O) groups is 2. The Balaban J connectivity index is 2.14. The summed E-state index contributed by atoms with van der Waals surface area (Å²) < 4.78 is 0. The van der Waals surface area contributed by atoms with Crippen molar-refractivity contribution >= 4 is 28.3 Å². The van der Waals surface area contributed by atoms with Crippen molar-refractivity contribution in [2.24, 2.45) is 0 Å². The molecule has 0 radical (unpaired) electrons. The quantitative estimate of drug-likeness (QED) is 0.750. The van der Waals surface area contributed by atoms with Crippen LogP contribution in [0.5, 0.6) is 0 Å². The molecule has 0 bridgehead atoms. The number of H-pyrrole nitrogens is 1. The second kappa shape index (κ2) is 3.31. The molecule has 0 saturated heterocycles. The monoisotopic (exact) mass is 226 g/mol. The molecule has 2 aromatic rings. The minimum atomic E-state index is -0.274. The number of fused-ring (bicyclic) bond motifs is 1. The van der Waals surface area contributed by atoms with Crippen LogP contribution in [0.2, 0.25) is 0 Å². The Morgan fingerprint density at radius 1 is 1.18 bits per heavy atom. The first-order valence-electron chi connectivity index (χ1n) is 5.28. The van der Waals surface area contributed by atoms with Gasteiger partial charge in [-0.1, -0.05) is 18.2 Å². The summed E-state index contributed by atoms with van der Waals surface area (Å²) in [6.45, 7) is 0. The van der Waals surface area contributed by atoms with Gasteiger partial charge in [-0.2, -0.15) is 0 Å². The average Bonchev–Trinajstić information content (AvgIpc) is 2.86. The zero-order chi connectivity index (χ0) is 12.0. The van der Waals surface area contributed by atoms with E-state index in [2.05, 4.69) is 4.98 Å². The Bertz CT molecular complexity index is 634. The third kappa shape index (κ3) is 1.38. The van der Waals surface area contributed by atoms with Crippen molar-refractivity contribution in [2.75, 3.05) is 7.05 Å². The molecule has 1 N–H and O–H groups in total. The van der Waals surface area contributed by atoms with Gasteiger partial charge in [0.25, 0.3) is 11.8 Å². The van der Waals surface area contributed by atoms with Crippen LogP contribution >= 0.6 is 0 Å². The van der Waals surface area contributed by atoms with Gasteiger partial charge in [0.1, 0.15) is 0 Å². The van der Waals surface area contributed by atoms with Gasteiger partial charge in [-0.3, -0.25) is 14.5 Å². The molecule has 4 nitrogen and oxygen atoms in total. The fraction of sp³-hybridized carbons (Fsp3) is 0.0769. The second-order valence-electron chi connectivity index (χ2n) is 4.03. The average molecular weight is 226 g/mol. The Labute approximate surface area is 97.5 Å². The lowest BCUT2D eigenvalue weighted by Crippen LogP contribution is -2.25. The van der Waals surface area contributed by atoms with Crippen LogP contribution in [0.4, 0.5) is 0 Å². The highest BCUT2D eigenvalue weighted by Crippen LogP contribution is 2.25. The van der Waals surface area contributed by atoms with E-state index >= 15 is 0 Å². The predicted molar refractivity (Wildman–Crippen MR) is 64.1 cm³/mol. The summed E-state index contributed by atoms with van der Waals surface area (Å²) in [6.07, 6.45) is 1.37. The van der Waals surface area contributed by atoms with Crippen molar-refractivity contribution in [3.63, 3.8) is 0 Å². The topological polar surface area (TPSA) is 53.2 Å². The molecule has 84 valence electrons. The van der Waals surface area contributed by atoms with Crippen molar-refractivity contribution in [2.45, 2.75) is 0 Å². The molecule has 0 atom stereocenters. The summed E-state index contributed by atoms with van der Waals surface area (Å²) in [5.74, 6) is -0.537. The Hall–Kier alpha value is -2.36. The number of para-hydroxylation sites is 1. The fourth-order valence-electron chi connectivity index (χ4n) is 1.97. The van der Waals surface area contributed by atoms with Gasteiger partial charge >= 0.3 is 0 Å². The number of amides is 2. The zero-order valence-corrected chi connectivity index (χ0v) is 9.23. The van der Waals surface area contributed by atoms with Gasteiger partial charge in [0.2, 0.25) is 0 Å². The molecular formula is C13H10N2O2. The Morgan fingerprint density at radius 2 is 1.94 bits per heavy atom. The molecule has 0 saturated carbocycles. The van der Waals surface area contributed by atoms with Crippen molar-refractivity contribution in [3.8, 4) is 0 Å². The number of aromatic amines is 1. The van der Waals surface area contributed by atoms with E-state index < -0.39 is 0 Å². The summed E-state index contributed by atoms with van der Waals surface area (Å²) >= 11 is 0. The predicted octanol–water partition coefficient (Wildman–Crippen LogP) is 1.55. The van der Waals surface area contributed by atoms with Gasteiger partial charge in [-0.25, -0.2) is 0 Å². The molecule has 2 heterocycles. The minimum absolute atomic E-state index is 0.262. The lowest BCUT2D eigenvalue weighted by molar-refractivity contribution is -0.134. The van der Waals surface area contributed by atoms with E-state index in [-0.39, 0.29) is 11.8 Å². The van der Waals surface area contributed by atoms with Crippen LogP contribution < -0.4 is 0 Å². The van der Waals surface area contributed by atoms with Crippen LogP contribution in [0.1, 0.15) is 5.69 Å². The van der Waals surface area contributed by atoms with Gasteiger partial charge in [0.05, 0.1) is 11.3 Å². The number of imide groups is 1. The molecule has 0 fully saturated rings. The number of aromatic nitrogens is 1. The van der Waals surface area contributed by atoms with Gasteiger partial charge in [0, 0.05) is 24.0 Å². The van der Waals surface area contributed by atoms with E-state index in [0.717, 1.165) is 15.8 Å². The van der Waals surface area contributed by atoms with Crippen LogP contribution in [-0.2, 0) is 9.59 Å². The van der Waals surface area contributed by atoms with E-state index in [4.69, 9.17) is 0 Å². The van der Waals surface area contributed by atoms with Crippen LogP contribution in [0.3, 0.4) is 0 Å². The van der Waals surface area contributed by atoms with Crippen molar-refractivity contribution in [3.05, 3.63) is 42.1 Å². The first-order valence-corrected chi connectivity index (χ1v) is 5.28. The number of hydrogen-bond donors (Lipinski definition) is 1.